The molecule has 208 valence electrons. The first kappa shape index (κ1) is 28.8. The van der Waals surface area contributed by atoms with E-state index in [9.17, 15) is 4.79 Å². The van der Waals surface area contributed by atoms with Gasteiger partial charge in [-0.3, -0.25) is 0 Å². The molecule has 6 heteroatoms. The summed E-state index contributed by atoms with van der Waals surface area (Å²) in [5.74, 6) is 0.479. The van der Waals surface area contributed by atoms with Crippen molar-refractivity contribution in [2.45, 2.75) is 91.4 Å². The molecule has 2 fully saturated rings. The lowest BCUT2D eigenvalue weighted by molar-refractivity contribution is -0.285. The van der Waals surface area contributed by atoms with Crippen LogP contribution >= 0.6 is 0 Å². The van der Waals surface area contributed by atoms with Crippen LogP contribution < -0.4 is 0 Å². The van der Waals surface area contributed by atoms with E-state index in [1.165, 1.54) is 0 Å². The summed E-state index contributed by atoms with van der Waals surface area (Å²) < 4.78 is 31.5. The van der Waals surface area contributed by atoms with Gasteiger partial charge >= 0.3 is 5.97 Å². The van der Waals surface area contributed by atoms with Crippen LogP contribution in [0.5, 0.6) is 0 Å². The summed E-state index contributed by atoms with van der Waals surface area (Å²) in [6.07, 6.45) is -0.420. The van der Waals surface area contributed by atoms with Crippen molar-refractivity contribution in [3.63, 3.8) is 0 Å². The third kappa shape index (κ3) is 6.66. The molecule has 0 aromatic heterocycles. The number of ether oxygens (including phenoxy) is 5. The lowest BCUT2D eigenvalue weighted by Gasteiger charge is -2.46. The van der Waals surface area contributed by atoms with Crippen LogP contribution in [0, 0.1) is 23.7 Å². The minimum atomic E-state index is -0.646. The fourth-order valence-electron chi connectivity index (χ4n) is 5.77. The Kier molecular flexibility index (Phi) is 9.99. The van der Waals surface area contributed by atoms with Crippen LogP contribution in [-0.4, -0.2) is 49.4 Å². The van der Waals surface area contributed by atoms with E-state index in [2.05, 4.69) is 53.7 Å². The molecule has 4 rings (SSSR count). The average Bonchev–Trinajstić information content (AvgIpc) is 2.94. The molecule has 2 saturated heterocycles. The van der Waals surface area contributed by atoms with Gasteiger partial charge in [0.15, 0.2) is 12.4 Å². The van der Waals surface area contributed by atoms with Crippen LogP contribution in [0.3, 0.4) is 0 Å². The molecule has 0 bridgehead atoms. The normalized spacial score (nSPS) is 35.5. The number of hydrogen-bond acceptors (Lipinski definition) is 6. The number of carbonyl (C=O) groups excluding carboxylic acids is 1. The van der Waals surface area contributed by atoms with Gasteiger partial charge in [-0.2, -0.15) is 0 Å². The van der Waals surface area contributed by atoms with Gasteiger partial charge in [0.1, 0.15) is 0 Å². The topological polar surface area (TPSA) is 63.2 Å². The first-order chi connectivity index (χ1) is 18.3. The van der Waals surface area contributed by atoms with E-state index >= 15 is 0 Å². The minimum Gasteiger partial charge on any atom is -0.453 e. The third-order valence-corrected chi connectivity index (χ3v) is 8.66. The lowest BCUT2D eigenvalue weighted by atomic mass is 9.81. The van der Waals surface area contributed by atoms with Crippen molar-refractivity contribution in [3.05, 3.63) is 71.8 Å². The molecule has 2 aromatic rings. The Hall–Kier alpha value is -2.25. The molecule has 0 N–H and O–H groups in total. The zero-order valence-corrected chi connectivity index (χ0v) is 23.6. The molecule has 0 radical (unpaired) electrons. The van der Waals surface area contributed by atoms with Crippen LogP contribution in [0.4, 0.5) is 0 Å². The van der Waals surface area contributed by atoms with Crippen LogP contribution in [-0.2, 0) is 30.3 Å². The van der Waals surface area contributed by atoms with E-state index in [0.29, 0.717) is 18.8 Å². The van der Waals surface area contributed by atoms with Gasteiger partial charge in [-0.1, -0.05) is 83.1 Å². The summed E-state index contributed by atoms with van der Waals surface area (Å²) in [6, 6.07) is 19.3. The number of carbonyl (C=O) groups is 1. The lowest BCUT2D eigenvalue weighted by Crippen LogP contribution is -2.54. The van der Waals surface area contributed by atoms with Crippen molar-refractivity contribution in [1.29, 1.82) is 0 Å². The van der Waals surface area contributed by atoms with E-state index in [1.807, 2.05) is 36.4 Å². The van der Waals surface area contributed by atoms with Crippen LogP contribution in [0.25, 0.3) is 0 Å². The van der Waals surface area contributed by atoms with Gasteiger partial charge in [-0.15, -0.1) is 0 Å². The number of hydrogen-bond donors (Lipinski definition) is 0. The molecule has 0 spiro atoms. The fourth-order valence-corrected chi connectivity index (χ4v) is 5.77. The molecular formula is C32H44O6. The monoisotopic (exact) mass is 524 g/mol. The van der Waals surface area contributed by atoms with Crippen molar-refractivity contribution < 1.29 is 28.5 Å². The smallest absolute Gasteiger partial charge is 0.338 e. The Morgan fingerprint density at radius 2 is 1.34 bits per heavy atom. The molecule has 4 unspecified atom stereocenters. The van der Waals surface area contributed by atoms with Gasteiger partial charge in [-0.25, -0.2) is 4.79 Å². The molecule has 10 atom stereocenters. The zero-order valence-electron chi connectivity index (χ0n) is 23.6. The molecule has 2 aliphatic heterocycles. The quantitative estimate of drug-likeness (QED) is 0.360. The van der Waals surface area contributed by atoms with E-state index in [4.69, 9.17) is 23.7 Å². The summed E-state index contributed by atoms with van der Waals surface area (Å²) in [4.78, 5) is 12.9. The van der Waals surface area contributed by atoms with E-state index in [0.717, 1.165) is 12.0 Å². The van der Waals surface area contributed by atoms with Gasteiger partial charge in [0, 0.05) is 5.92 Å². The highest BCUT2D eigenvalue weighted by atomic mass is 16.7. The second kappa shape index (κ2) is 13.2. The third-order valence-electron chi connectivity index (χ3n) is 8.66. The van der Waals surface area contributed by atoms with E-state index in [1.54, 1.807) is 12.1 Å². The van der Waals surface area contributed by atoms with Crippen molar-refractivity contribution >= 4 is 5.97 Å². The predicted octanol–water partition coefficient (Wildman–Crippen LogP) is 6.28. The maximum atomic E-state index is 12.9. The zero-order chi connectivity index (χ0) is 27.2. The molecule has 6 nitrogen and oxygen atoms in total. The Labute approximate surface area is 228 Å². The van der Waals surface area contributed by atoms with Crippen molar-refractivity contribution in [2.75, 3.05) is 6.61 Å². The van der Waals surface area contributed by atoms with Crippen LogP contribution in [0.2, 0.25) is 0 Å². The highest BCUT2D eigenvalue weighted by Crippen LogP contribution is 2.37. The summed E-state index contributed by atoms with van der Waals surface area (Å²) in [5.41, 5.74) is 1.68. The van der Waals surface area contributed by atoms with Crippen LogP contribution in [0.15, 0.2) is 60.7 Å². The van der Waals surface area contributed by atoms with Gasteiger partial charge in [-0.05, 0) is 48.8 Å². The number of rotatable bonds is 9. The Bertz CT molecular complexity index is 998. The van der Waals surface area contributed by atoms with Gasteiger partial charge in [0.25, 0.3) is 0 Å². The molecule has 38 heavy (non-hydrogen) atoms. The summed E-state index contributed by atoms with van der Waals surface area (Å²) in [6.45, 7) is 13.8. The fraction of sp³-hybridized carbons (Fsp3) is 0.594. The maximum absolute atomic E-state index is 12.9. The second-order valence-corrected chi connectivity index (χ2v) is 11.1. The average molecular weight is 525 g/mol. The second-order valence-electron chi connectivity index (χ2n) is 11.1. The van der Waals surface area contributed by atoms with Gasteiger partial charge in [0.05, 0.1) is 43.2 Å². The van der Waals surface area contributed by atoms with Crippen molar-refractivity contribution in [3.8, 4) is 0 Å². The molecule has 0 aliphatic carbocycles. The minimum absolute atomic E-state index is 0.00249. The molecule has 0 amide bonds. The van der Waals surface area contributed by atoms with Crippen molar-refractivity contribution in [2.24, 2.45) is 23.7 Å². The predicted molar refractivity (Wildman–Crippen MR) is 147 cm³/mol. The van der Waals surface area contributed by atoms with Crippen molar-refractivity contribution in [1.82, 2.24) is 0 Å². The summed E-state index contributed by atoms with van der Waals surface area (Å²) >= 11 is 0. The summed E-state index contributed by atoms with van der Waals surface area (Å²) in [5, 5.41) is 0. The largest absolute Gasteiger partial charge is 0.453 e. The highest BCUT2D eigenvalue weighted by molar-refractivity contribution is 5.89. The van der Waals surface area contributed by atoms with E-state index < -0.39 is 12.4 Å². The Morgan fingerprint density at radius 1 is 0.737 bits per heavy atom. The molecule has 2 aliphatic rings. The van der Waals surface area contributed by atoms with E-state index in [-0.39, 0.29) is 54.1 Å². The molecule has 0 saturated carbocycles. The molecule has 2 heterocycles. The number of benzene rings is 2. The SMILES string of the molecule is CCC1O[C@H](OCC2O[C@@H](C)C(OCc3ccccc3)[C@@H](C)[C@@H]2C)C(OC(=O)c2ccccc2)[C@@H](C)[C@@H]1C. The van der Waals surface area contributed by atoms with Gasteiger partial charge < -0.3 is 23.7 Å². The maximum Gasteiger partial charge on any atom is 0.338 e. The highest BCUT2D eigenvalue weighted by Gasteiger charge is 2.45. The Morgan fingerprint density at radius 3 is 2.00 bits per heavy atom. The van der Waals surface area contributed by atoms with Gasteiger partial charge in [0.2, 0.25) is 0 Å². The Balaban J connectivity index is 1.39. The number of esters is 1. The first-order valence-electron chi connectivity index (χ1n) is 14.1. The molecule has 2 aromatic carbocycles. The summed E-state index contributed by atoms with van der Waals surface area (Å²) in [7, 11) is 0. The standard InChI is InChI=1S/C32H44O6/c1-7-27-20(2)23(5)30(38-31(33)26-16-12-9-13-17-26)32(37-27)35-19-28-21(3)22(4)29(24(6)36-28)34-18-25-14-10-8-11-15-25/h8-17,20-24,27-30,32H,7,18-19H2,1-6H3/t20-,21-,22-,23-,24-,27?,28?,29?,30?,32-/m0/s1. The van der Waals surface area contributed by atoms with Crippen LogP contribution in [0.1, 0.15) is 63.9 Å². The first-order valence-corrected chi connectivity index (χ1v) is 14.1. The molecular weight excluding hydrogens is 480 g/mol.